The van der Waals surface area contributed by atoms with Crippen LogP contribution in [0.2, 0.25) is 0 Å². The monoisotopic (exact) mass is 197 g/mol. The molecule has 0 radical (unpaired) electrons. The van der Waals surface area contributed by atoms with Crippen molar-refractivity contribution >= 4 is 17.5 Å². The van der Waals surface area contributed by atoms with Gasteiger partial charge in [0, 0.05) is 12.1 Å². The summed E-state index contributed by atoms with van der Waals surface area (Å²) in [4.78, 5) is 11.2. The highest BCUT2D eigenvalue weighted by Crippen LogP contribution is 2.26. The Kier molecular flexibility index (Phi) is 2.40. The Bertz CT molecular complexity index is 293. The van der Waals surface area contributed by atoms with Gasteiger partial charge in [-0.15, -0.1) is 11.6 Å². The fourth-order valence-electron chi connectivity index (χ4n) is 1.73. The standard InChI is InChI=1S/C10H12ClNO/c11-8-5-4-7-2-1-3-10(13)12-9(7)6-8/h4,6,8H,1-3,5H2,(H,12,13). The van der Waals surface area contributed by atoms with Gasteiger partial charge in [-0.05, 0) is 30.9 Å². The molecule has 0 aromatic carbocycles. The molecule has 0 aromatic rings. The fourth-order valence-corrected chi connectivity index (χ4v) is 1.95. The lowest BCUT2D eigenvalue weighted by Crippen LogP contribution is -2.23. The lowest BCUT2D eigenvalue weighted by molar-refractivity contribution is -0.120. The molecule has 1 fully saturated rings. The molecule has 1 aliphatic heterocycles. The van der Waals surface area contributed by atoms with Crippen LogP contribution in [0.3, 0.4) is 0 Å². The number of hydrogen-bond donors (Lipinski definition) is 1. The Balaban J connectivity index is 2.24. The average Bonchev–Trinajstić information content (AvgIpc) is 2.25. The van der Waals surface area contributed by atoms with E-state index in [0.29, 0.717) is 6.42 Å². The summed E-state index contributed by atoms with van der Waals surface area (Å²) < 4.78 is 0. The van der Waals surface area contributed by atoms with Gasteiger partial charge in [-0.3, -0.25) is 4.79 Å². The highest BCUT2D eigenvalue weighted by Gasteiger charge is 2.18. The third kappa shape index (κ3) is 1.94. The van der Waals surface area contributed by atoms with Crippen molar-refractivity contribution in [3.8, 4) is 0 Å². The first-order valence-electron chi connectivity index (χ1n) is 4.61. The Morgan fingerprint density at radius 1 is 1.46 bits per heavy atom. The predicted molar refractivity (Wildman–Crippen MR) is 52.4 cm³/mol. The predicted octanol–water partition coefficient (Wildman–Crippen LogP) is 2.11. The number of halogens is 1. The van der Waals surface area contributed by atoms with Crippen molar-refractivity contribution in [1.29, 1.82) is 0 Å². The Labute approximate surface area is 82.6 Å². The van der Waals surface area contributed by atoms with Crippen LogP contribution in [0.1, 0.15) is 25.7 Å². The van der Waals surface area contributed by atoms with Crippen LogP contribution in [0.5, 0.6) is 0 Å². The van der Waals surface area contributed by atoms with Crippen LogP contribution in [0, 0.1) is 0 Å². The van der Waals surface area contributed by atoms with E-state index in [2.05, 4.69) is 11.4 Å². The van der Waals surface area contributed by atoms with E-state index in [1.54, 1.807) is 0 Å². The van der Waals surface area contributed by atoms with Gasteiger partial charge in [0.1, 0.15) is 0 Å². The van der Waals surface area contributed by atoms with Gasteiger partial charge < -0.3 is 5.32 Å². The molecule has 1 unspecified atom stereocenters. The molecule has 1 heterocycles. The topological polar surface area (TPSA) is 29.1 Å². The van der Waals surface area contributed by atoms with Gasteiger partial charge >= 0.3 is 0 Å². The van der Waals surface area contributed by atoms with E-state index in [-0.39, 0.29) is 11.3 Å². The first kappa shape index (κ1) is 8.82. The zero-order valence-corrected chi connectivity index (χ0v) is 8.10. The number of nitrogens with one attached hydrogen (secondary N) is 1. The minimum Gasteiger partial charge on any atom is -0.326 e. The van der Waals surface area contributed by atoms with Gasteiger partial charge in [-0.25, -0.2) is 0 Å². The summed E-state index contributed by atoms with van der Waals surface area (Å²) in [5, 5.41) is 2.92. The van der Waals surface area contributed by atoms with E-state index in [1.165, 1.54) is 5.57 Å². The van der Waals surface area contributed by atoms with Gasteiger partial charge in [0.15, 0.2) is 0 Å². The molecule has 1 saturated heterocycles. The number of rotatable bonds is 0. The second-order valence-corrected chi connectivity index (χ2v) is 4.02. The van der Waals surface area contributed by atoms with E-state index in [4.69, 9.17) is 11.6 Å². The molecule has 2 aliphatic rings. The third-order valence-corrected chi connectivity index (χ3v) is 2.71. The van der Waals surface area contributed by atoms with Crippen molar-refractivity contribution < 1.29 is 4.79 Å². The summed E-state index contributed by atoms with van der Waals surface area (Å²) in [5.74, 6) is 0.111. The molecule has 0 spiro atoms. The molecule has 1 aliphatic carbocycles. The second-order valence-electron chi connectivity index (χ2n) is 3.46. The van der Waals surface area contributed by atoms with Crippen molar-refractivity contribution in [3.05, 3.63) is 23.4 Å². The van der Waals surface area contributed by atoms with E-state index < -0.39 is 0 Å². The van der Waals surface area contributed by atoms with E-state index >= 15 is 0 Å². The molecule has 0 saturated carbocycles. The third-order valence-electron chi connectivity index (χ3n) is 2.41. The highest BCUT2D eigenvalue weighted by molar-refractivity contribution is 6.22. The maximum Gasteiger partial charge on any atom is 0.224 e. The molecule has 1 N–H and O–H groups in total. The number of hydrogen-bond acceptors (Lipinski definition) is 1. The van der Waals surface area contributed by atoms with Crippen molar-refractivity contribution in [1.82, 2.24) is 5.32 Å². The van der Waals surface area contributed by atoms with E-state index in [0.717, 1.165) is 25.0 Å². The number of fused-ring (bicyclic) bond motifs is 1. The summed E-state index contributed by atoms with van der Waals surface area (Å²) in [6.45, 7) is 0. The van der Waals surface area contributed by atoms with Crippen molar-refractivity contribution in [2.75, 3.05) is 0 Å². The molecule has 13 heavy (non-hydrogen) atoms. The van der Waals surface area contributed by atoms with E-state index in [9.17, 15) is 4.79 Å². The normalized spacial score (nSPS) is 28.1. The van der Waals surface area contributed by atoms with Crippen LogP contribution in [0.15, 0.2) is 23.4 Å². The summed E-state index contributed by atoms with van der Waals surface area (Å²) in [6.07, 6.45) is 7.53. The second kappa shape index (κ2) is 3.54. The molecular weight excluding hydrogens is 186 g/mol. The fraction of sp³-hybridized carbons (Fsp3) is 0.500. The molecular formula is C10H12ClNO. The Morgan fingerprint density at radius 2 is 2.31 bits per heavy atom. The molecule has 1 amide bonds. The maximum atomic E-state index is 11.2. The van der Waals surface area contributed by atoms with Crippen molar-refractivity contribution in [2.45, 2.75) is 31.1 Å². The zero-order valence-electron chi connectivity index (χ0n) is 7.35. The molecule has 0 bridgehead atoms. The van der Waals surface area contributed by atoms with Crippen LogP contribution in [0.25, 0.3) is 0 Å². The number of carbonyl (C=O) groups is 1. The SMILES string of the molecule is O=C1CCCC2=CCC(Cl)C=C2N1. The van der Waals surface area contributed by atoms with Crippen LogP contribution in [0.4, 0.5) is 0 Å². The lowest BCUT2D eigenvalue weighted by Gasteiger charge is -2.16. The lowest BCUT2D eigenvalue weighted by atomic mass is 10.00. The van der Waals surface area contributed by atoms with Gasteiger partial charge in [0.25, 0.3) is 0 Å². The van der Waals surface area contributed by atoms with Crippen molar-refractivity contribution in [2.24, 2.45) is 0 Å². The van der Waals surface area contributed by atoms with Gasteiger partial charge in [-0.2, -0.15) is 0 Å². The molecule has 1 atom stereocenters. The first-order valence-corrected chi connectivity index (χ1v) is 5.04. The van der Waals surface area contributed by atoms with Gasteiger partial charge in [0.2, 0.25) is 5.91 Å². The zero-order chi connectivity index (χ0) is 9.26. The molecule has 3 heteroatoms. The Hall–Kier alpha value is -0.760. The quantitative estimate of drug-likeness (QED) is 0.593. The largest absolute Gasteiger partial charge is 0.326 e. The van der Waals surface area contributed by atoms with E-state index in [1.807, 2.05) is 6.08 Å². The maximum absolute atomic E-state index is 11.2. The number of amides is 1. The van der Waals surface area contributed by atoms with Crippen LogP contribution >= 0.6 is 11.6 Å². The van der Waals surface area contributed by atoms with Crippen LogP contribution in [-0.4, -0.2) is 11.3 Å². The molecule has 0 aromatic heterocycles. The summed E-state index contributed by atoms with van der Waals surface area (Å²) in [6, 6.07) is 0. The first-order chi connectivity index (χ1) is 6.25. The summed E-state index contributed by atoms with van der Waals surface area (Å²) in [5.41, 5.74) is 2.19. The minimum absolute atomic E-state index is 0.0390. The smallest absolute Gasteiger partial charge is 0.224 e. The average molecular weight is 198 g/mol. The minimum atomic E-state index is 0.0390. The number of carbonyl (C=O) groups excluding carboxylic acids is 1. The van der Waals surface area contributed by atoms with Gasteiger partial charge in [0.05, 0.1) is 5.38 Å². The Morgan fingerprint density at radius 3 is 3.15 bits per heavy atom. The molecule has 70 valence electrons. The number of alkyl halides is 1. The summed E-state index contributed by atoms with van der Waals surface area (Å²) in [7, 11) is 0. The van der Waals surface area contributed by atoms with Crippen LogP contribution in [-0.2, 0) is 4.79 Å². The van der Waals surface area contributed by atoms with Crippen molar-refractivity contribution in [3.63, 3.8) is 0 Å². The molecule has 2 nitrogen and oxygen atoms in total. The molecule has 2 rings (SSSR count). The van der Waals surface area contributed by atoms with Gasteiger partial charge in [-0.1, -0.05) is 6.08 Å². The van der Waals surface area contributed by atoms with Crippen LogP contribution < -0.4 is 5.32 Å². The number of allylic oxidation sites excluding steroid dienone is 3. The summed E-state index contributed by atoms with van der Waals surface area (Å²) >= 11 is 5.97. The highest BCUT2D eigenvalue weighted by atomic mass is 35.5.